The number of hydrogen-bond acceptors (Lipinski definition) is 4. The molecule has 2 N–H and O–H groups in total. The van der Waals surface area contributed by atoms with Crippen molar-refractivity contribution >= 4 is 17.2 Å². The number of amides is 1. The Balaban J connectivity index is 2.48. The summed E-state index contributed by atoms with van der Waals surface area (Å²) >= 11 is 1.63. The van der Waals surface area contributed by atoms with Gasteiger partial charge in [-0.05, 0) is 26.7 Å². The minimum Gasteiger partial charge on any atom is -0.352 e. The van der Waals surface area contributed by atoms with Gasteiger partial charge < -0.3 is 5.32 Å². The van der Waals surface area contributed by atoms with Gasteiger partial charge in [0.25, 0.3) is 0 Å². The van der Waals surface area contributed by atoms with Crippen molar-refractivity contribution in [2.24, 2.45) is 0 Å². The fraction of sp³-hybridized carbons (Fsp3) is 0.714. The van der Waals surface area contributed by atoms with Crippen molar-refractivity contribution in [2.45, 2.75) is 65.1 Å². The molecule has 0 fully saturated rings. The third-order valence-electron chi connectivity index (χ3n) is 3.11. The van der Waals surface area contributed by atoms with Crippen molar-refractivity contribution in [3.05, 3.63) is 16.6 Å². The molecular weight excluding hydrogens is 258 g/mol. The molecular formula is C14H25N3OS. The summed E-state index contributed by atoms with van der Waals surface area (Å²) in [6.45, 7) is 8.18. The van der Waals surface area contributed by atoms with Crippen molar-refractivity contribution in [1.29, 1.82) is 0 Å². The van der Waals surface area contributed by atoms with Gasteiger partial charge in [0.15, 0.2) is 0 Å². The Morgan fingerprint density at radius 3 is 2.68 bits per heavy atom. The highest BCUT2D eigenvalue weighted by Crippen LogP contribution is 2.19. The number of hydrogen-bond donors (Lipinski definition) is 2. The monoisotopic (exact) mass is 283 g/mol. The third kappa shape index (κ3) is 5.28. The summed E-state index contributed by atoms with van der Waals surface area (Å²) in [5.74, 6) is 0.0657. The maximum Gasteiger partial charge on any atom is 0.237 e. The topological polar surface area (TPSA) is 54.0 Å². The first-order valence-electron chi connectivity index (χ1n) is 7.04. The molecule has 1 rings (SSSR count). The van der Waals surface area contributed by atoms with Crippen LogP contribution in [0.2, 0.25) is 0 Å². The fourth-order valence-corrected chi connectivity index (χ4v) is 2.80. The van der Waals surface area contributed by atoms with E-state index in [1.165, 1.54) is 0 Å². The lowest BCUT2D eigenvalue weighted by Gasteiger charge is -2.22. The molecule has 0 aliphatic rings. The lowest BCUT2D eigenvalue weighted by molar-refractivity contribution is -0.123. The van der Waals surface area contributed by atoms with E-state index in [0.717, 1.165) is 24.3 Å². The Kier molecular flexibility index (Phi) is 7.02. The zero-order valence-electron chi connectivity index (χ0n) is 12.3. The zero-order valence-corrected chi connectivity index (χ0v) is 13.1. The molecule has 0 saturated heterocycles. The van der Waals surface area contributed by atoms with Crippen molar-refractivity contribution in [3.63, 3.8) is 0 Å². The highest BCUT2D eigenvalue weighted by atomic mass is 32.1. The Morgan fingerprint density at radius 1 is 1.42 bits per heavy atom. The molecule has 0 spiro atoms. The summed E-state index contributed by atoms with van der Waals surface area (Å²) in [6, 6.07) is 0.192. The second-order valence-electron chi connectivity index (χ2n) is 4.92. The van der Waals surface area contributed by atoms with Crippen LogP contribution in [0, 0.1) is 0 Å². The molecule has 0 bridgehead atoms. The van der Waals surface area contributed by atoms with Gasteiger partial charge in [0.1, 0.15) is 5.01 Å². The summed E-state index contributed by atoms with van der Waals surface area (Å²) in [5.41, 5.74) is 0. The van der Waals surface area contributed by atoms with E-state index in [0.29, 0.717) is 0 Å². The number of carbonyl (C=O) groups excluding carboxylic acids is 1. The third-order valence-corrected chi connectivity index (χ3v) is 4.00. The highest BCUT2D eigenvalue weighted by Gasteiger charge is 2.20. The molecule has 1 aromatic rings. The molecule has 3 unspecified atom stereocenters. The van der Waals surface area contributed by atoms with E-state index in [1.54, 1.807) is 17.5 Å². The first-order valence-corrected chi connectivity index (χ1v) is 7.92. The lowest BCUT2D eigenvalue weighted by atomic mass is 10.1. The number of thiazole rings is 1. The molecule has 0 aliphatic carbocycles. The largest absolute Gasteiger partial charge is 0.352 e. The summed E-state index contributed by atoms with van der Waals surface area (Å²) in [6.07, 6.45) is 4.83. The maximum absolute atomic E-state index is 12.1. The van der Waals surface area contributed by atoms with Gasteiger partial charge >= 0.3 is 0 Å². The Bertz CT molecular complexity index is 367. The van der Waals surface area contributed by atoms with Crippen LogP contribution in [0.15, 0.2) is 11.6 Å². The Labute approximate surface area is 120 Å². The molecule has 4 nitrogen and oxygen atoms in total. The first-order chi connectivity index (χ1) is 9.08. The van der Waals surface area contributed by atoms with Crippen LogP contribution in [-0.4, -0.2) is 23.0 Å². The van der Waals surface area contributed by atoms with Crippen LogP contribution >= 0.6 is 11.3 Å². The predicted molar refractivity (Wildman–Crippen MR) is 80.3 cm³/mol. The van der Waals surface area contributed by atoms with Gasteiger partial charge in [0.2, 0.25) is 5.91 Å². The quantitative estimate of drug-likeness (QED) is 0.771. The first kappa shape index (κ1) is 16.1. The highest BCUT2D eigenvalue weighted by molar-refractivity contribution is 7.09. The molecule has 0 saturated carbocycles. The van der Waals surface area contributed by atoms with Gasteiger partial charge in [0, 0.05) is 17.6 Å². The van der Waals surface area contributed by atoms with Gasteiger partial charge in [0.05, 0.1) is 12.1 Å². The average Bonchev–Trinajstić information content (AvgIpc) is 2.89. The molecule has 0 radical (unpaired) electrons. The molecule has 1 heterocycles. The SMILES string of the molecule is CCCC(C)NC(=O)C(C)NC(CC)c1nccs1. The van der Waals surface area contributed by atoms with Crippen molar-refractivity contribution in [2.75, 3.05) is 0 Å². The average molecular weight is 283 g/mol. The molecule has 19 heavy (non-hydrogen) atoms. The molecule has 108 valence electrons. The summed E-state index contributed by atoms with van der Waals surface area (Å²) < 4.78 is 0. The Hall–Kier alpha value is -0.940. The van der Waals surface area contributed by atoms with Gasteiger partial charge in [-0.2, -0.15) is 0 Å². The number of aromatic nitrogens is 1. The van der Waals surface area contributed by atoms with Gasteiger partial charge in [-0.25, -0.2) is 4.98 Å². The van der Waals surface area contributed by atoms with Crippen LogP contribution in [0.5, 0.6) is 0 Å². The fourth-order valence-electron chi connectivity index (χ4n) is 2.02. The van der Waals surface area contributed by atoms with Crippen LogP contribution in [-0.2, 0) is 4.79 Å². The summed E-state index contributed by atoms with van der Waals surface area (Å²) in [4.78, 5) is 16.4. The van der Waals surface area contributed by atoms with Crippen LogP contribution in [0.1, 0.15) is 58.0 Å². The summed E-state index contributed by atoms with van der Waals surface area (Å²) in [5, 5.41) is 9.40. The smallest absolute Gasteiger partial charge is 0.237 e. The minimum absolute atomic E-state index is 0.0657. The van der Waals surface area contributed by atoms with Gasteiger partial charge in [-0.1, -0.05) is 20.3 Å². The lowest BCUT2D eigenvalue weighted by Crippen LogP contribution is -2.46. The van der Waals surface area contributed by atoms with Crippen LogP contribution in [0.3, 0.4) is 0 Å². The number of rotatable bonds is 8. The second-order valence-corrected chi connectivity index (χ2v) is 5.84. The molecule has 0 aliphatic heterocycles. The van der Waals surface area contributed by atoms with Crippen LogP contribution in [0.25, 0.3) is 0 Å². The van der Waals surface area contributed by atoms with E-state index < -0.39 is 0 Å². The number of nitrogens with zero attached hydrogens (tertiary/aromatic N) is 1. The predicted octanol–water partition coefficient (Wildman–Crippen LogP) is 2.88. The van der Waals surface area contributed by atoms with Crippen LogP contribution in [0.4, 0.5) is 0 Å². The van der Waals surface area contributed by atoms with E-state index in [4.69, 9.17) is 0 Å². The standard InChI is InChI=1S/C14H25N3OS/c1-5-7-10(3)16-13(18)11(4)17-12(6-2)14-15-8-9-19-14/h8-12,17H,5-7H2,1-4H3,(H,16,18). The van der Waals surface area contributed by atoms with Crippen LogP contribution < -0.4 is 10.6 Å². The maximum atomic E-state index is 12.1. The van der Waals surface area contributed by atoms with Gasteiger partial charge in [-0.3, -0.25) is 10.1 Å². The van der Waals surface area contributed by atoms with E-state index in [9.17, 15) is 4.79 Å². The minimum atomic E-state index is -0.201. The van der Waals surface area contributed by atoms with Crippen molar-refractivity contribution in [1.82, 2.24) is 15.6 Å². The second kappa shape index (κ2) is 8.27. The number of nitrogens with one attached hydrogen (secondary N) is 2. The van der Waals surface area contributed by atoms with E-state index in [-0.39, 0.29) is 24.0 Å². The van der Waals surface area contributed by atoms with Crippen molar-refractivity contribution in [3.8, 4) is 0 Å². The summed E-state index contributed by atoms with van der Waals surface area (Å²) in [7, 11) is 0. The molecule has 5 heteroatoms. The molecule has 1 amide bonds. The molecule has 0 aromatic carbocycles. The van der Waals surface area contributed by atoms with E-state index in [2.05, 4.69) is 29.5 Å². The molecule has 3 atom stereocenters. The Morgan fingerprint density at radius 2 is 2.16 bits per heavy atom. The van der Waals surface area contributed by atoms with E-state index in [1.807, 2.05) is 19.2 Å². The van der Waals surface area contributed by atoms with Gasteiger partial charge in [-0.15, -0.1) is 11.3 Å². The van der Waals surface area contributed by atoms with Crippen molar-refractivity contribution < 1.29 is 4.79 Å². The normalized spacial score (nSPS) is 15.8. The zero-order chi connectivity index (χ0) is 14.3. The van der Waals surface area contributed by atoms with E-state index >= 15 is 0 Å². The number of carbonyl (C=O) groups is 1. The molecule has 1 aromatic heterocycles.